The lowest BCUT2D eigenvalue weighted by atomic mass is 10.2. The second kappa shape index (κ2) is 10.1. The minimum Gasteiger partial charge on any atom is -0.355 e. The van der Waals surface area contributed by atoms with Crippen molar-refractivity contribution < 1.29 is 21.6 Å². The molecule has 13 heteroatoms. The van der Waals surface area contributed by atoms with Crippen LogP contribution in [-0.2, 0) is 16.2 Å². The number of aromatic nitrogens is 2. The van der Waals surface area contributed by atoms with E-state index in [9.17, 15) is 21.6 Å². The Morgan fingerprint density at radius 1 is 0.886 bits per heavy atom. The molecular formula is C22H20Cl2F3N5O2S. The summed E-state index contributed by atoms with van der Waals surface area (Å²) in [5, 5.41) is 0.686. The molecule has 0 atom stereocenters. The van der Waals surface area contributed by atoms with E-state index in [1.165, 1.54) is 42.6 Å². The molecule has 186 valence electrons. The van der Waals surface area contributed by atoms with Crippen molar-refractivity contribution >= 4 is 50.5 Å². The standard InChI is InChI=1S/C22H20Cl2F3N5O2S/c23-16-3-5-18(6-4-16)35(33,34)30-17-12-19(24)21(29-14-17)32-9-1-8-31(10-11-32)20-7-2-15(13-28-20)22(25,26)27/h2-7,12-14,30H,1,8-11H2. The Kier molecular flexibility index (Phi) is 7.30. The van der Waals surface area contributed by atoms with Gasteiger partial charge in [-0.05, 0) is 48.9 Å². The number of sulfonamides is 1. The lowest BCUT2D eigenvalue weighted by Crippen LogP contribution is -2.31. The Bertz CT molecular complexity index is 1290. The van der Waals surface area contributed by atoms with Crippen LogP contribution in [0.2, 0.25) is 10.0 Å². The fourth-order valence-electron chi connectivity index (χ4n) is 3.65. The summed E-state index contributed by atoms with van der Waals surface area (Å²) >= 11 is 12.3. The molecule has 1 saturated heterocycles. The minimum atomic E-state index is -4.43. The fourth-order valence-corrected chi connectivity index (χ4v) is 5.09. The van der Waals surface area contributed by atoms with Crippen LogP contribution in [0.15, 0.2) is 59.8 Å². The predicted molar refractivity (Wildman–Crippen MR) is 130 cm³/mol. The largest absolute Gasteiger partial charge is 0.417 e. The van der Waals surface area contributed by atoms with Crippen LogP contribution in [-0.4, -0.2) is 44.6 Å². The van der Waals surface area contributed by atoms with Crippen LogP contribution in [0.3, 0.4) is 0 Å². The summed E-state index contributed by atoms with van der Waals surface area (Å²) in [6.07, 6.45) is -1.51. The Morgan fingerprint density at radius 2 is 1.57 bits per heavy atom. The van der Waals surface area contributed by atoms with E-state index >= 15 is 0 Å². The molecule has 1 fully saturated rings. The molecule has 0 spiro atoms. The van der Waals surface area contributed by atoms with E-state index in [-0.39, 0.29) is 15.6 Å². The third-order valence-corrected chi connectivity index (χ3v) is 7.32. The number of anilines is 3. The lowest BCUT2D eigenvalue weighted by Gasteiger charge is -2.24. The van der Waals surface area contributed by atoms with Gasteiger partial charge in [-0.3, -0.25) is 4.72 Å². The van der Waals surface area contributed by atoms with Crippen LogP contribution in [0, 0.1) is 0 Å². The number of benzene rings is 1. The summed E-state index contributed by atoms with van der Waals surface area (Å²) in [6.45, 7) is 2.22. The molecule has 7 nitrogen and oxygen atoms in total. The van der Waals surface area contributed by atoms with Gasteiger partial charge in [-0.25, -0.2) is 18.4 Å². The van der Waals surface area contributed by atoms with Gasteiger partial charge >= 0.3 is 6.18 Å². The van der Waals surface area contributed by atoms with Gasteiger partial charge in [0.25, 0.3) is 10.0 Å². The zero-order valence-electron chi connectivity index (χ0n) is 18.1. The van der Waals surface area contributed by atoms with Crippen molar-refractivity contribution in [2.75, 3.05) is 40.7 Å². The highest BCUT2D eigenvalue weighted by Crippen LogP contribution is 2.31. The van der Waals surface area contributed by atoms with E-state index < -0.39 is 21.8 Å². The second-order valence-electron chi connectivity index (χ2n) is 7.82. The van der Waals surface area contributed by atoms with E-state index in [0.29, 0.717) is 49.3 Å². The topological polar surface area (TPSA) is 78.4 Å². The third-order valence-electron chi connectivity index (χ3n) is 5.39. The van der Waals surface area contributed by atoms with Crippen molar-refractivity contribution in [2.24, 2.45) is 0 Å². The molecule has 0 radical (unpaired) electrons. The number of nitrogens with one attached hydrogen (secondary N) is 1. The summed E-state index contributed by atoms with van der Waals surface area (Å²) in [7, 11) is -3.85. The van der Waals surface area contributed by atoms with Gasteiger partial charge in [0.2, 0.25) is 0 Å². The van der Waals surface area contributed by atoms with Crippen molar-refractivity contribution in [3.05, 3.63) is 70.5 Å². The van der Waals surface area contributed by atoms with Gasteiger partial charge in [-0.15, -0.1) is 0 Å². The molecule has 1 aliphatic rings. The summed E-state index contributed by atoms with van der Waals surface area (Å²) in [6, 6.07) is 9.61. The third kappa shape index (κ3) is 6.09. The van der Waals surface area contributed by atoms with Crippen LogP contribution >= 0.6 is 23.2 Å². The molecule has 35 heavy (non-hydrogen) atoms. The van der Waals surface area contributed by atoms with Crippen LogP contribution < -0.4 is 14.5 Å². The SMILES string of the molecule is O=S(=O)(Nc1cnc(N2CCCN(c3ccc(C(F)(F)F)cn3)CC2)c(Cl)c1)c1ccc(Cl)cc1. The maximum atomic E-state index is 12.8. The molecule has 0 amide bonds. The highest BCUT2D eigenvalue weighted by Gasteiger charge is 2.31. The summed E-state index contributed by atoms with van der Waals surface area (Å²) in [4.78, 5) is 12.2. The quantitative estimate of drug-likeness (QED) is 0.467. The van der Waals surface area contributed by atoms with Gasteiger partial charge in [0.1, 0.15) is 11.6 Å². The smallest absolute Gasteiger partial charge is 0.355 e. The highest BCUT2D eigenvalue weighted by atomic mass is 35.5. The van der Waals surface area contributed by atoms with Crippen molar-refractivity contribution in [3.63, 3.8) is 0 Å². The molecule has 0 bridgehead atoms. The number of alkyl halides is 3. The van der Waals surface area contributed by atoms with Gasteiger partial charge in [0, 0.05) is 37.4 Å². The first-order valence-corrected chi connectivity index (χ1v) is 12.7. The molecule has 3 aromatic rings. The maximum absolute atomic E-state index is 12.8. The van der Waals surface area contributed by atoms with Crippen molar-refractivity contribution in [1.82, 2.24) is 9.97 Å². The summed E-state index contributed by atoms with van der Waals surface area (Å²) < 4.78 is 66.0. The molecule has 1 aliphatic heterocycles. The average Bonchev–Trinajstić information content (AvgIpc) is 3.05. The Morgan fingerprint density at radius 3 is 2.20 bits per heavy atom. The van der Waals surface area contributed by atoms with Crippen LogP contribution in [0.1, 0.15) is 12.0 Å². The number of hydrogen-bond acceptors (Lipinski definition) is 6. The van der Waals surface area contributed by atoms with Crippen LogP contribution in [0.25, 0.3) is 0 Å². The first-order valence-electron chi connectivity index (χ1n) is 10.5. The zero-order valence-corrected chi connectivity index (χ0v) is 20.5. The average molecular weight is 546 g/mol. The first kappa shape index (κ1) is 25.3. The van der Waals surface area contributed by atoms with Gasteiger partial charge in [0.15, 0.2) is 0 Å². The van der Waals surface area contributed by atoms with E-state index in [4.69, 9.17) is 23.2 Å². The lowest BCUT2D eigenvalue weighted by molar-refractivity contribution is -0.137. The molecule has 4 rings (SSSR count). The molecule has 0 saturated carbocycles. The maximum Gasteiger partial charge on any atom is 0.417 e. The zero-order chi connectivity index (χ0) is 25.2. The molecule has 1 N–H and O–H groups in total. The Balaban J connectivity index is 1.44. The molecule has 0 aliphatic carbocycles. The first-order chi connectivity index (χ1) is 16.5. The summed E-state index contributed by atoms with van der Waals surface area (Å²) in [5.41, 5.74) is -0.584. The fraction of sp³-hybridized carbons (Fsp3) is 0.273. The minimum absolute atomic E-state index is 0.0478. The number of nitrogens with zero attached hydrogens (tertiary/aromatic N) is 4. The van der Waals surface area contributed by atoms with E-state index in [1.807, 2.05) is 9.80 Å². The number of pyridine rings is 2. The monoisotopic (exact) mass is 545 g/mol. The second-order valence-corrected chi connectivity index (χ2v) is 10.3. The number of halogens is 5. The van der Waals surface area contributed by atoms with Crippen LogP contribution in [0.5, 0.6) is 0 Å². The number of hydrogen-bond donors (Lipinski definition) is 1. The van der Waals surface area contributed by atoms with Gasteiger partial charge in [-0.2, -0.15) is 13.2 Å². The molecule has 1 aromatic carbocycles. The van der Waals surface area contributed by atoms with Crippen molar-refractivity contribution in [2.45, 2.75) is 17.5 Å². The molecule has 2 aromatic heterocycles. The van der Waals surface area contributed by atoms with Gasteiger partial charge in [0.05, 0.1) is 27.4 Å². The van der Waals surface area contributed by atoms with Gasteiger partial charge in [-0.1, -0.05) is 23.2 Å². The van der Waals surface area contributed by atoms with Gasteiger partial charge < -0.3 is 9.80 Å². The molecular weight excluding hydrogens is 526 g/mol. The van der Waals surface area contributed by atoms with E-state index in [2.05, 4.69) is 14.7 Å². The van der Waals surface area contributed by atoms with Crippen molar-refractivity contribution in [1.29, 1.82) is 0 Å². The normalized spacial score (nSPS) is 15.1. The Labute approximate surface area is 210 Å². The van der Waals surface area contributed by atoms with E-state index in [1.54, 1.807) is 0 Å². The summed E-state index contributed by atoms with van der Waals surface area (Å²) in [5.74, 6) is 0.953. The van der Waals surface area contributed by atoms with Crippen LogP contribution in [0.4, 0.5) is 30.5 Å². The highest BCUT2D eigenvalue weighted by molar-refractivity contribution is 7.92. The van der Waals surface area contributed by atoms with E-state index in [0.717, 1.165) is 12.3 Å². The van der Waals surface area contributed by atoms with Crippen molar-refractivity contribution in [3.8, 4) is 0 Å². The number of rotatable bonds is 5. The Hall–Kier alpha value is -2.76. The molecule has 3 heterocycles. The molecule has 0 unspecified atom stereocenters. The predicted octanol–water partition coefficient (Wildman–Crippen LogP) is 5.32.